The number of Topliss-reactive ketones (excluding diaryl/α,β-unsaturated/α-hetero) is 1. The highest BCUT2D eigenvalue weighted by Crippen LogP contribution is 2.55. The number of aliphatic hydroxyl groups excluding tert-OH is 2. The molecule has 15 heteroatoms. The number of benzene rings is 2. The van der Waals surface area contributed by atoms with Gasteiger partial charge in [-0.25, -0.2) is 0 Å². The van der Waals surface area contributed by atoms with Gasteiger partial charge in [0.05, 0.1) is 53.0 Å². The van der Waals surface area contributed by atoms with Crippen LogP contribution in [-0.2, 0) is 28.6 Å². The van der Waals surface area contributed by atoms with Crippen molar-refractivity contribution in [3.63, 3.8) is 0 Å². The van der Waals surface area contributed by atoms with Gasteiger partial charge in [0.2, 0.25) is 0 Å². The number of carbonyl (C=O) groups excluding carboxylic acids is 3. The highest BCUT2D eigenvalue weighted by molar-refractivity contribution is 6.23. The van der Waals surface area contributed by atoms with Crippen molar-refractivity contribution in [3.05, 3.63) is 52.8 Å². The van der Waals surface area contributed by atoms with Gasteiger partial charge in [0, 0.05) is 61.2 Å². The maximum atomic E-state index is 14.5. The SMILES string of the molecule is CCCCCCCCCCCCO/N=C/c1c2c(O)c3c(O)c(C)c4c(c3c1O)C(=O)[C@@](C)(O/C=C/[C@H](OC)[C@@H](C)[C@@H](OC(C)=O)[C@H](C)[C@H](O)[C@H](C)[C@@H](O)[C@@H](C)/C=C/C=C(/C)C(=O)N2)O4. The molecule has 0 aromatic heterocycles. The maximum absolute atomic E-state index is 14.5. The van der Waals surface area contributed by atoms with Crippen molar-refractivity contribution in [2.45, 2.75) is 157 Å². The summed E-state index contributed by atoms with van der Waals surface area (Å²) >= 11 is 0. The van der Waals surface area contributed by atoms with E-state index in [1.807, 2.05) is 0 Å². The Morgan fingerprint density at radius 2 is 1.49 bits per heavy atom. The first-order chi connectivity index (χ1) is 30.8. The van der Waals surface area contributed by atoms with Crippen LogP contribution in [0, 0.1) is 30.6 Å². The molecule has 6 N–H and O–H groups in total. The number of phenols is 3. The highest BCUT2D eigenvalue weighted by atomic mass is 16.7. The van der Waals surface area contributed by atoms with Crippen LogP contribution >= 0.6 is 0 Å². The van der Waals surface area contributed by atoms with E-state index < -0.39 is 88.8 Å². The van der Waals surface area contributed by atoms with Gasteiger partial charge in [0.15, 0.2) is 5.75 Å². The number of nitrogens with zero attached hydrogens (tertiary/aromatic N) is 1. The summed E-state index contributed by atoms with van der Waals surface area (Å²) in [7, 11) is 1.44. The van der Waals surface area contributed by atoms with Gasteiger partial charge in [-0.3, -0.25) is 14.4 Å². The number of methoxy groups -OCH3 is 1. The summed E-state index contributed by atoms with van der Waals surface area (Å²) in [5, 5.41) is 64.6. The van der Waals surface area contributed by atoms with Crippen LogP contribution in [0.25, 0.3) is 10.8 Å². The number of hydrogen-bond acceptors (Lipinski definition) is 14. The zero-order chi connectivity index (χ0) is 48.2. The lowest BCUT2D eigenvalue weighted by Gasteiger charge is -2.38. The third kappa shape index (κ3) is 12.4. The molecule has 0 unspecified atom stereocenters. The third-order valence-electron chi connectivity index (χ3n) is 12.9. The number of ether oxygens (including phenoxy) is 4. The van der Waals surface area contributed by atoms with Crippen LogP contribution in [0.1, 0.15) is 141 Å². The number of oxime groups is 1. The van der Waals surface area contributed by atoms with Crippen LogP contribution in [0.3, 0.4) is 0 Å². The molecule has 1 amide bonds. The number of aromatic hydroxyl groups is 3. The predicted molar refractivity (Wildman–Crippen MR) is 249 cm³/mol. The summed E-state index contributed by atoms with van der Waals surface area (Å²) in [5.41, 5.74) is -0.526. The van der Waals surface area contributed by atoms with Gasteiger partial charge in [-0.15, -0.1) is 0 Å². The first-order valence-corrected chi connectivity index (χ1v) is 23.1. The van der Waals surface area contributed by atoms with Gasteiger partial charge in [-0.05, 0) is 32.8 Å². The number of nitrogens with one attached hydrogen (secondary N) is 1. The number of unbranched alkanes of at least 4 members (excludes halogenated alkanes) is 9. The second-order valence-corrected chi connectivity index (χ2v) is 17.9. The molecule has 65 heavy (non-hydrogen) atoms. The summed E-state index contributed by atoms with van der Waals surface area (Å²) in [6, 6.07) is 0. The molecule has 0 fully saturated rings. The molecule has 5 bridgehead atoms. The molecule has 0 spiro atoms. The van der Waals surface area contributed by atoms with Crippen molar-refractivity contribution in [1.29, 1.82) is 0 Å². The van der Waals surface area contributed by atoms with Gasteiger partial charge in [0.25, 0.3) is 11.7 Å². The Balaban J connectivity index is 1.80. The molecule has 9 atom stereocenters. The van der Waals surface area contributed by atoms with E-state index in [0.29, 0.717) is 0 Å². The summed E-state index contributed by atoms with van der Waals surface area (Å²) in [5.74, 6) is -8.53. The van der Waals surface area contributed by atoms with E-state index in [9.17, 15) is 39.9 Å². The maximum Gasteiger partial charge on any atom is 0.312 e. The number of amides is 1. The topological polar surface area (TPSA) is 223 Å². The normalized spacial score (nSPS) is 28.4. The molecule has 15 nitrogen and oxygen atoms in total. The standard InChI is InChI=1S/C50H72N2O13/c1-11-12-13-14-15-16-17-18-19-20-25-63-51-27-35-40-45(58)38-37(44(35)57)39-47(33(7)43(38)56)65-50(9,48(39)59)62-26-24-36(61-10)30(4)46(64-34(8)53)32(6)42(55)31(5)41(54)28(2)22-21-23-29(3)49(60)52-40/h21-24,26-28,30-32,36,41-42,46,54-58H,11-20,25H2,1-10H3,(H,52,60)/b22-21+,26-24+,29-23-,51-27+/t28-,30+,31+,32+,36-,41-,42+,46+,50-/m0/s1. The van der Waals surface area contributed by atoms with Crippen molar-refractivity contribution in [2.75, 3.05) is 19.0 Å². The van der Waals surface area contributed by atoms with Crippen LogP contribution < -0.4 is 10.1 Å². The molecule has 3 heterocycles. The van der Waals surface area contributed by atoms with Crippen molar-refractivity contribution >= 4 is 40.3 Å². The van der Waals surface area contributed by atoms with E-state index in [-0.39, 0.29) is 51.1 Å². The van der Waals surface area contributed by atoms with E-state index in [4.69, 9.17) is 23.8 Å². The number of anilines is 1. The molecule has 2 aromatic rings. The van der Waals surface area contributed by atoms with E-state index in [0.717, 1.165) is 31.9 Å². The zero-order valence-corrected chi connectivity index (χ0v) is 39.8. The fourth-order valence-corrected chi connectivity index (χ4v) is 8.67. The Hall–Kier alpha value is -5.12. The second-order valence-electron chi connectivity index (χ2n) is 17.9. The largest absolute Gasteiger partial charge is 0.507 e. The molecule has 0 aliphatic carbocycles. The summed E-state index contributed by atoms with van der Waals surface area (Å²) in [6.45, 7) is 15.0. The molecule has 0 saturated carbocycles. The number of fused-ring (bicyclic) bond motifs is 14. The third-order valence-corrected chi connectivity index (χ3v) is 12.9. The van der Waals surface area contributed by atoms with Crippen LogP contribution in [0.15, 0.2) is 41.3 Å². The average Bonchev–Trinajstić information content (AvgIpc) is 3.54. The summed E-state index contributed by atoms with van der Waals surface area (Å²) in [6.07, 6.45) is 16.0. The van der Waals surface area contributed by atoms with Crippen molar-refractivity contribution < 1.29 is 63.7 Å². The number of esters is 1. The second kappa shape index (κ2) is 23.9. The minimum Gasteiger partial charge on any atom is -0.507 e. The molecule has 3 aliphatic heterocycles. The molecule has 5 rings (SSSR count). The number of carbonyl (C=O) groups is 3. The smallest absolute Gasteiger partial charge is 0.312 e. The van der Waals surface area contributed by atoms with Crippen LogP contribution in [-0.4, -0.2) is 93.3 Å². The minimum atomic E-state index is -2.06. The number of allylic oxidation sites excluding steroid dienone is 2. The minimum absolute atomic E-state index is 0.0443. The van der Waals surface area contributed by atoms with Crippen LogP contribution in [0.5, 0.6) is 23.0 Å². The van der Waals surface area contributed by atoms with E-state index in [1.54, 1.807) is 39.8 Å². The highest BCUT2D eigenvalue weighted by Gasteiger charge is 2.50. The Morgan fingerprint density at radius 3 is 2.11 bits per heavy atom. The first-order valence-electron chi connectivity index (χ1n) is 23.1. The zero-order valence-electron chi connectivity index (χ0n) is 39.8. The van der Waals surface area contributed by atoms with E-state index in [1.165, 1.54) is 91.7 Å². The number of hydrogen-bond donors (Lipinski definition) is 6. The number of rotatable bonds is 15. The Labute approximate surface area is 383 Å². The fraction of sp³-hybridized carbons (Fsp3) is 0.600. The summed E-state index contributed by atoms with van der Waals surface area (Å²) in [4.78, 5) is 46.2. The van der Waals surface area contributed by atoms with Gasteiger partial charge in [-0.1, -0.05) is 109 Å². The van der Waals surface area contributed by atoms with Crippen LogP contribution in [0.4, 0.5) is 5.69 Å². The first kappa shape index (κ1) is 52.5. The van der Waals surface area contributed by atoms with E-state index in [2.05, 4.69) is 17.4 Å². The number of aliphatic hydroxyl groups is 2. The lowest BCUT2D eigenvalue weighted by Crippen LogP contribution is -2.46. The molecule has 0 radical (unpaired) electrons. The van der Waals surface area contributed by atoms with E-state index >= 15 is 0 Å². The van der Waals surface area contributed by atoms with Gasteiger partial charge in [-0.2, -0.15) is 0 Å². The Bertz CT molecular complexity index is 2110. The monoisotopic (exact) mass is 909 g/mol. The Morgan fingerprint density at radius 1 is 0.862 bits per heavy atom. The number of ketones is 1. The molecule has 360 valence electrons. The fourth-order valence-electron chi connectivity index (χ4n) is 8.67. The molecule has 2 aromatic carbocycles. The van der Waals surface area contributed by atoms with Crippen LogP contribution in [0.2, 0.25) is 0 Å². The van der Waals surface area contributed by atoms with Gasteiger partial charge >= 0.3 is 11.8 Å². The quantitative estimate of drug-likeness (QED) is 0.0245. The molecule has 3 aliphatic rings. The average molecular weight is 909 g/mol. The lowest BCUT2D eigenvalue weighted by molar-refractivity contribution is -0.160. The number of phenolic OH excluding ortho intramolecular Hbond substituents is 3. The van der Waals surface area contributed by atoms with Gasteiger partial charge in [0.1, 0.15) is 30.0 Å². The molecular formula is C50H72N2O13. The Kier molecular flexibility index (Phi) is 19.3. The molecule has 0 saturated heterocycles. The van der Waals surface area contributed by atoms with Crippen molar-refractivity contribution in [1.82, 2.24) is 0 Å². The summed E-state index contributed by atoms with van der Waals surface area (Å²) < 4.78 is 23.6. The predicted octanol–water partition coefficient (Wildman–Crippen LogP) is 9.03. The van der Waals surface area contributed by atoms with Gasteiger partial charge < -0.3 is 54.6 Å². The lowest BCUT2D eigenvalue weighted by atomic mass is 9.78. The van der Waals surface area contributed by atoms with Crippen molar-refractivity contribution in [3.8, 4) is 23.0 Å². The molecular weight excluding hydrogens is 837 g/mol. The van der Waals surface area contributed by atoms with Crippen molar-refractivity contribution in [2.24, 2.45) is 28.8 Å².